The zero-order chi connectivity index (χ0) is 14.8. The molecular formula is C17H22ClN3. The predicted molar refractivity (Wildman–Crippen MR) is 88.7 cm³/mol. The van der Waals surface area contributed by atoms with E-state index in [-0.39, 0.29) is 0 Å². The van der Waals surface area contributed by atoms with Gasteiger partial charge in [-0.3, -0.25) is 4.90 Å². The van der Waals surface area contributed by atoms with Crippen molar-refractivity contribution in [2.45, 2.75) is 25.4 Å². The van der Waals surface area contributed by atoms with E-state index in [0.717, 1.165) is 30.7 Å². The van der Waals surface area contributed by atoms with Gasteiger partial charge in [0.05, 0.1) is 5.52 Å². The topological polar surface area (TPSA) is 19.4 Å². The third-order valence-corrected chi connectivity index (χ3v) is 4.76. The van der Waals surface area contributed by atoms with Crippen molar-refractivity contribution in [1.82, 2.24) is 14.8 Å². The van der Waals surface area contributed by atoms with Crippen LogP contribution in [0.25, 0.3) is 10.9 Å². The molecule has 0 atom stereocenters. The highest BCUT2D eigenvalue weighted by Gasteiger charge is 2.21. The van der Waals surface area contributed by atoms with E-state index in [4.69, 9.17) is 11.6 Å². The van der Waals surface area contributed by atoms with E-state index in [0.29, 0.717) is 11.2 Å². The van der Waals surface area contributed by atoms with E-state index < -0.39 is 0 Å². The summed E-state index contributed by atoms with van der Waals surface area (Å²) in [6.45, 7) is 3.16. The first-order valence-corrected chi connectivity index (χ1v) is 7.94. The van der Waals surface area contributed by atoms with Gasteiger partial charge in [0.1, 0.15) is 5.15 Å². The van der Waals surface area contributed by atoms with Gasteiger partial charge in [-0.2, -0.15) is 0 Å². The largest absolute Gasteiger partial charge is 0.306 e. The SMILES string of the molecule is CN(C)C1CCN(Cc2cc3ccccc3nc2Cl)CC1. The molecule has 1 aromatic carbocycles. The van der Waals surface area contributed by atoms with Crippen LogP contribution in [0.2, 0.25) is 5.15 Å². The first-order valence-electron chi connectivity index (χ1n) is 7.56. The lowest BCUT2D eigenvalue weighted by Crippen LogP contribution is -2.41. The number of hydrogen-bond donors (Lipinski definition) is 0. The lowest BCUT2D eigenvalue weighted by atomic mass is 10.0. The highest BCUT2D eigenvalue weighted by molar-refractivity contribution is 6.30. The lowest BCUT2D eigenvalue weighted by Gasteiger charge is -2.35. The van der Waals surface area contributed by atoms with Crippen LogP contribution < -0.4 is 0 Å². The Morgan fingerprint density at radius 2 is 1.95 bits per heavy atom. The molecule has 0 unspecified atom stereocenters. The summed E-state index contributed by atoms with van der Waals surface area (Å²) in [5.41, 5.74) is 2.11. The van der Waals surface area contributed by atoms with Crippen LogP contribution >= 0.6 is 11.6 Å². The van der Waals surface area contributed by atoms with Gasteiger partial charge in [0.2, 0.25) is 0 Å². The van der Waals surface area contributed by atoms with Gasteiger partial charge >= 0.3 is 0 Å². The number of fused-ring (bicyclic) bond motifs is 1. The summed E-state index contributed by atoms with van der Waals surface area (Å²) < 4.78 is 0. The zero-order valence-electron chi connectivity index (χ0n) is 12.7. The fraction of sp³-hybridized carbons (Fsp3) is 0.471. The normalized spacial score (nSPS) is 17.7. The number of para-hydroxylation sites is 1. The van der Waals surface area contributed by atoms with Crippen molar-refractivity contribution in [2.75, 3.05) is 27.2 Å². The molecule has 0 amide bonds. The van der Waals surface area contributed by atoms with E-state index >= 15 is 0 Å². The first kappa shape index (κ1) is 14.8. The number of hydrogen-bond acceptors (Lipinski definition) is 3. The van der Waals surface area contributed by atoms with Gasteiger partial charge in [-0.15, -0.1) is 0 Å². The Morgan fingerprint density at radius 3 is 2.67 bits per heavy atom. The molecule has 2 heterocycles. The van der Waals surface area contributed by atoms with E-state index in [1.807, 2.05) is 18.2 Å². The van der Waals surface area contributed by atoms with E-state index in [1.165, 1.54) is 18.2 Å². The Kier molecular flexibility index (Phi) is 4.43. The predicted octanol–water partition coefficient (Wildman–Crippen LogP) is 3.41. The lowest BCUT2D eigenvalue weighted by molar-refractivity contribution is 0.140. The van der Waals surface area contributed by atoms with Crippen molar-refractivity contribution in [1.29, 1.82) is 0 Å². The molecule has 0 saturated carbocycles. The Morgan fingerprint density at radius 1 is 1.24 bits per heavy atom. The minimum atomic E-state index is 0.642. The number of aromatic nitrogens is 1. The first-order chi connectivity index (χ1) is 10.1. The molecule has 0 radical (unpaired) electrons. The van der Waals surface area contributed by atoms with Gasteiger partial charge in [-0.05, 0) is 52.2 Å². The molecule has 112 valence electrons. The number of piperidine rings is 1. The molecule has 0 N–H and O–H groups in total. The monoisotopic (exact) mass is 303 g/mol. The van der Waals surface area contributed by atoms with Crippen LogP contribution in [0.4, 0.5) is 0 Å². The minimum absolute atomic E-state index is 0.642. The summed E-state index contributed by atoms with van der Waals surface area (Å²) in [7, 11) is 4.34. The van der Waals surface area contributed by atoms with Crippen molar-refractivity contribution in [3.8, 4) is 0 Å². The molecule has 3 nitrogen and oxygen atoms in total. The van der Waals surface area contributed by atoms with Crippen molar-refractivity contribution >= 4 is 22.5 Å². The van der Waals surface area contributed by atoms with Crippen LogP contribution in [0, 0.1) is 0 Å². The Balaban J connectivity index is 1.72. The van der Waals surface area contributed by atoms with Crippen molar-refractivity contribution < 1.29 is 0 Å². The molecule has 1 aliphatic rings. The number of rotatable bonds is 3. The fourth-order valence-corrected chi connectivity index (χ4v) is 3.29. The summed E-state index contributed by atoms with van der Waals surface area (Å²) >= 11 is 6.36. The molecular weight excluding hydrogens is 282 g/mol. The summed E-state index contributed by atoms with van der Waals surface area (Å²) in [5.74, 6) is 0. The molecule has 2 aromatic rings. The van der Waals surface area contributed by atoms with Crippen LogP contribution in [0.15, 0.2) is 30.3 Å². The molecule has 1 saturated heterocycles. The Labute approximate surface area is 131 Å². The molecule has 1 fully saturated rings. The third kappa shape index (κ3) is 3.37. The average molecular weight is 304 g/mol. The Hall–Kier alpha value is -1.16. The zero-order valence-corrected chi connectivity index (χ0v) is 13.5. The van der Waals surface area contributed by atoms with E-state index in [1.54, 1.807) is 0 Å². The second-order valence-electron chi connectivity index (χ2n) is 6.10. The highest BCUT2D eigenvalue weighted by atomic mass is 35.5. The summed E-state index contributed by atoms with van der Waals surface area (Å²) in [4.78, 5) is 9.33. The standard InChI is InChI=1S/C17H22ClN3/c1-20(2)15-7-9-21(10-8-15)12-14-11-13-5-3-4-6-16(13)19-17(14)18/h3-6,11,15H,7-10,12H2,1-2H3. The molecule has 21 heavy (non-hydrogen) atoms. The van der Waals surface area contributed by atoms with Crippen LogP contribution in [0.5, 0.6) is 0 Å². The van der Waals surface area contributed by atoms with Crippen LogP contribution in [0.3, 0.4) is 0 Å². The number of pyridine rings is 1. The quantitative estimate of drug-likeness (QED) is 0.810. The summed E-state index contributed by atoms with van der Waals surface area (Å²) in [6.07, 6.45) is 2.46. The van der Waals surface area contributed by atoms with E-state index in [9.17, 15) is 0 Å². The number of halogens is 1. The van der Waals surface area contributed by atoms with Gasteiger partial charge in [0, 0.05) is 23.5 Å². The second-order valence-corrected chi connectivity index (χ2v) is 6.46. The molecule has 0 spiro atoms. The molecule has 1 aromatic heterocycles. The summed E-state index contributed by atoms with van der Waals surface area (Å²) in [5, 5.41) is 1.81. The van der Waals surface area contributed by atoms with Gasteiger partial charge in [-0.1, -0.05) is 29.8 Å². The molecule has 0 bridgehead atoms. The number of benzene rings is 1. The van der Waals surface area contributed by atoms with Crippen molar-refractivity contribution in [2.24, 2.45) is 0 Å². The number of likely N-dealkylation sites (tertiary alicyclic amines) is 1. The van der Waals surface area contributed by atoms with Crippen LogP contribution in [-0.2, 0) is 6.54 Å². The molecule has 3 rings (SSSR count). The Bertz CT molecular complexity index is 618. The van der Waals surface area contributed by atoms with Crippen molar-refractivity contribution in [3.05, 3.63) is 41.0 Å². The van der Waals surface area contributed by atoms with Gasteiger partial charge < -0.3 is 4.90 Å². The van der Waals surface area contributed by atoms with Gasteiger partial charge in [0.15, 0.2) is 0 Å². The molecule has 4 heteroatoms. The molecule has 0 aliphatic carbocycles. The minimum Gasteiger partial charge on any atom is -0.306 e. The fourth-order valence-electron chi connectivity index (χ4n) is 3.08. The average Bonchev–Trinajstić information content (AvgIpc) is 2.48. The van der Waals surface area contributed by atoms with Gasteiger partial charge in [-0.25, -0.2) is 4.98 Å². The molecule has 1 aliphatic heterocycles. The van der Waals surface area contributed by atoms with E-state index in [2.05, 4.69) is 41.0 Å². The second kappa shape index (κ2) is 6.30. The maximum atomic E-state index is 6.36. The van der Waals surface area contributed by atoms with Gasteiger partial charge in [0.25, 0.3) is 0 Å². The smallest absolute Gasteiger partial charge is 0.134 e. The van der Waals surface area contributed by atoms with Crippen LogP contribution in [-0.4, -0.2) is 48.0 Å². The van der Waals surface area contributed by atoms with Crippen LogP contribution in [0.1, 0.15) is 18.4 Å². The number of nitrogens with zero attached hydrogens (tertiary/aromatic N) is 3. The van der Waals surface area contributed by atoms with Crippen molar-refractivity contribution in [3.63, 3.8) is 0 Å². The third-order valence-electron chi connectivity index (χ3n) is 4.43. The highest BCUT2D eigenvalue weighted by Crippen LogP contribution is 2.23. The maximum Gasteiger partial charge on any atom is 0.134 e. The summed E-state index contributed by atoms with van der Waals surface area (Å²) in [6, 6.07) is 11.0. The maximum absolute atomic E-state index is 6.36.